The van der Waals surface area contributed by atoms with E-state index in [1.807, 2.05) is 53.4 Å². The molecule has 1 aliphatic carbocycles. The Kier molecular flexibility index (Phi) is 5.12. The Bertz CT molecular complexity index is 1170. The number of ketones is 1. The summed E-state index contributed by atoms with van der Waals surface area (Å²) in [6.07, 6.45) is 0.829. The lowest BCUT2D eigenvalue weighted by Crippen LogP contribution is -2.35. The molecule has 0 atom stereocenters. The van der Waals surface area contributed by atoms with Gasteiger partial charge in [0, 0.05) is 55.0 Å². The van der Waals surface area contributed by atoms with E-state index in [0.717, 1.165) is 24.1 Å². The molecule has 0 aromatic heterocycles. The van der Waals surface area contributed by atoms with Crippen LogP contribution in [-0.4, -0.2) is 47.7 Å². The third-order valence-corrected chi connectivity index (χ3v) is 6.20. The van der Waals surface area contributed by atoms with Crippen LogP contribution in [0, 0.1) is 5.82 Å². The third-order valence-electron chi connectivity index (χ3n) is 6.20. The summed E-state index contributed by atoms with van der Waals surface area (Å²) < 4.78 is 14.0. The van der Waals surface area contributed by atoms with Crippen LogP contribution in [0.3, 0.4) is 0 Å². The van der Waals surface area contributed by atoms with Crippen molar-refractivity contribution in [1.82, 2.24) is 9.80 Å². The maximum absolute atomic E-state index is 14.0. The fourth-order valence-electron chi connectivity index (χ4n) is 4.54. The zero-order valence-electron chi connectivity index (χ0n) is 17.2. The topological polar surface area (TPSA) is 40.6 Å². The molecule has 0 unspecified atom stereocenters. The van der Waals surface area contributed by atoms with Crippen LogP contribution in [0.1, 0.15) is 38.3 Å². The molecule has 0 bridgehead atoms. The molecule has 0 spiro atoms. The Morgan fingerprint density at radius 2 is 1.55 bits per heavy atom. The summed E-state index contributed by atoms with van der Waals surface area (Å²) in [5.41, 5.74) is 4.34. The average Bonchev–Trinajstić information content (AvgIpc) is 2.93. The molecule has 1 amide bonds. The van der Waals surface area contributed by atoms with Crippen LogP contribution in [0.5, 0.6) is 0 Å². The van der Waals surface area contributed by atoms with E-state index in [4.69, 9.17) is 0 Å². The van der Waals surface area contributed by atoms with Gasteiger partial charge in [0.05, 0.1) is 0 Å². The third kappa shape index (κ3) is 3.66. The molecule has 5 rings (SSSR count). The first-order valence-corrected chi connectivity index (χ1v) is 10.6. The standard InChI is InChI=1S/C26H23FN2O2/c27-24-9-4-1-6-19(24)17-28-12-5-13-29(15-14-28)26(31)18-10-11-21-20-7-2-3-8-22(20)25(30)23(21)16-18/h1-4,6-11,16H,5,12-15,17H2. The predicted molar refractivity (Wildman–Crippen MR) is 118 cm³/mol. The Labute approximate surface area is 180 Å². The Hall–Kier alpha value is -3.31. The molecule has 31 heavy (non-hydrogen) atoms. The number of hydrogen-bond acceptors (Lipinski definition) is 3. The van der Waals surface area contributed by atoms with Gasteiger partial charge >= 0.3 is 0 Å². The lowest BCUT2D eigenvalue weighted by atomic mass is 10.0. The highest BCUT2D eigenvalue weighted by molar-refractivity contribution is 6.22. The highest BCUT2D eigenvalue weighted by Crippen LogP contribution is 2.36. The number of nitrogens with zero attached hydrogens (tertiary/aromatic N) is 2. The normalized spacial score (nSPS) is 16.0. The predicted octanol–water partition coefficient (Wildman–Crippen LogP) is 4.39. The first kappa shape index (κ1) is 19.6. The van der Waals surface area contributed by atoms with Crippen molar-refractivity contribution in [3.63, 3.8) is 0 Å². The fourth-order valence-corrected chi connectivity index (χ4v) is 4.54. The molecule has 0 N–H and O–H groups in total. The number of rotatable bonds is 3. The van der Waals surface area contributed by atoms with Crippen LogP contribution >= 0.6 is 0 Å². The van der Waals surface area contributed by atoms with Crippen LogP contribution < -0.4 is 0 Å². The molecule has 2 aliphatic rings. The summed E-state index contributed by atoms with van der Waals surface area (Å²) >= 11 is 0. The molecular weight excluding hydrogens is 391 g/mol. The Balaban J connectivity index is 1.30. The second kappa shape index (κ2) is 8.08. The zero-order valence-corrected chi connectivity index (χ0v) is 17.2. The van der Waals surface area contributed by atoms with Gasteiger partial charge in [0.1, 0.15) is 5.82 Å². The molecule has 1 aliphatic heterocycles. The van der Waals surface area contributed by atoms with E-state index >= 15 is 0 Å². The summed E-state index contributed by atoms with van der Waals surface area (Å²) in [5, 5.41) is 0. The van der Waals surface area contributed by atoms with Crippen molar-refractivity contribution in [1.29, 1.82) is 0 Å². The first-order valence-electron chi connectivity index (χ1n) is 10.6. The van der Waals surface area contributed by atoms with Crippen molar-refractivity contribution in [3.05, 3.63) is 94.8 Å². The van der Waals surface area contributed by atoms with Crippen molar-refractivity contribution in [2.75, 3.05) is 26.2 Å². The zero-order chi connectivity index (χ0) is 21.4. The number of carbonyl (C=O) groups excluding carboxylic acids is 2. The minimum Gasteiger partial charge on any atom is -0.337 e. The van der Waals surface area contributed by atoms with Crippen LogP contribution in [-0.2, 0) is 6.54 Å². The van der Waals surface area contributed by atoms with Gasteiger partial charge < -0.3 is 4.90 Å². The molecular formula is C26H23FN2O2. The largest absolute Gasteiger partial charge is 0.337 e. The van der Waals surface area contributed by atoms with Gasteiger partial charge in [-0.2, -0.15) is 0 Å². The van der Waals surface area contributed by atoms with Crippen molar-refractivity contribution >= 4 is 11.7 Å². The van der Waals surface area contributed by atoms with Crippen molar-refractivity contribution in [3.8, 4) is 11.1 Å². The maximum atomic E-state index is 14.0. The number of halogens is 1. The molecule has 1 fully saturated rings. The van der Waals surface area contributed by atoms with Gasteiger partial charge in [-0.3, -0.25) is 14.5 Å². The molecule has 4 nitrogen and oxygen atoms in total. The van der Waals surface area contributed by atoms with E-state index in [-0.39, 0.29) is 17.5 Å². The summed E-state index contributed by atoms with van der Waals surface area (Å²) in [6, 6.07) is 19.8. The molecule has 0 saturated carbocycles. The number of amides is 1. The van der Waals surface area contributed by atoms with Gasteiger partial charge in [-0.25, -0.2) is 4.39 Å². The van der Waals surface area contributed by atoms with Gasteiger partial charge in [-0.1, -0.05) is 48.5 Å². The molecule has 1 saturated heterocycles. The van der Waals surface area contributed by atoms with Gasteiger partial charge in [0.25, 0.3) is 5.91 Å². The summed E-state index contributed by atoms with van der Waals surface area (Å²) in [6.45, 7) is 3.28. The summed E-state index contributed by atoms with van der Waals surface area (Å²) in [7, 11) is 0. The molecule has 0 radical (unpaired) electrons. The monoisotopic (exact) mass is 414 g/mol. The highest BCUT2D eigenvalue weighted by Gasteiger charge is 2.28. The number of fused-ring (bicyclic) bond motifs is 3. The molecule has 3 aromatic rings. The SMILES string of the molecule is O=C1c2ccccc2-c2ccc(C(=O)N3CCCN(Cc4ccccc4F)CC3)cc21. The Morgan fingerprint density at radius 1 is 0.806 bits per heavy atom. The van der Waals surface area contributed by atoms with E-state index in [0.29, 0.717) is 48.4 Å². The minimum atomic E-state index is -0.191. The van der Waals surface area contributed by atoms with Crippen molar-refractivity contribution < 1.29 is 14.0 Å². The van der Waals surface area contributed by atoms with Crippen LogP contribution in [0.4, 0.5) is 4.39 Å². The first-order chi connectivity index (χ1) is 15.1. The second-order valence-corrected chi connectivity index (χ2v) is 8.15. The summed E-state index contributed by atoms with van der Waals surface area (Å²) in [5.74, 6) is -0.269. The van der Waals surface area contributed by atoms with Crippen LogP contribution in [0.25, 0.3) is 11.1 Å². The smallest absolute Gasteiger partial charge is 0.253 e. The quantitative estimate of drug-likeness (QED) is 0.499. The lowest BCUT2D eigenvalue weighted by molar-refractivity contribution is 0.0761. The highest BCUT2D eigenvalue weighted by atomic mass is 19.1. The number of benzene rings is 3. The van der Waals surface area contributed by atoms with Crippen LogP contribution in [0.15, 0.2) is 66.7 Å². The van der Waals surface area contributed by atoms with Gasteiger partial charge in [0.2, 0.25) is 0 Å². The molecule has 3 aromatic carbocycles. The second-order valence-electron chi connectivity index (χ2n) is 8.15. The van der Waals surface area contributed by atoms with E-state index in [1.54, 1.807) is 12.1 Å². The van der Waals surface area contributed by atoms with E-state index in [1.165, 1.54) is 6.07 Å². The lowest BCUT2D eigenvalue weighted by Gasteiger charge is -2.22. The molecule has 5 heteroatoms. The Morgan fingerprint density at radius 3 is 2.39 bits per heavy atom. The average molecular weight is 414 g/mol. The fraction of sp³-hybridized carbons (Fsp3) is 0.231. The molecule has 1 heterocycles. The van der Waals surface area contributed by atoms with Gasteiger partial charge in [-0.05, 0) is 35.7 Å². The summed E-state index contributed by atoms with van der Waals surface area (Å²) in [4.78, 5) is 30.0. The van der Waals surface area contributed by atoms with E-state index in [9.17, 15) is 14.0 Å². The van der Waals surface area contributed by atoms with Gasteiger partial charge in [0.15, 0.2) is 5.78 Å². The van der Waals surface area contributed by atoms with Gasteiger partial charge in [-0.15, -0.1) is 0 Å². The van der Waals surface area contributed by atoms with Crippen molar-refractivity contribution in [2.45, 2.75) is 13.0 Å². The number of carbonyl (C=O) groups is 2. The minimum absolute atomic E-state index is 0.0211. The maximum Gasteiger partial charge on any atom is 0.253 e. The van der Waals surface area contributed by atoms with E-state index < -0.39 is 0 Å². The van der Waals surface area contributed by atoms with Crippen molar-refractivity contribution in [2.24, 2.45) is 0 Å². The number of hydrogen-bond donors (Lipinski definition) is 0. The van der Waals surface area contributed by atoms with E-state index in [2.05, 4.69) is 4.90 Å². The van der Waals surface area contributed by atoms with Crippen LogP contribution in [0.2, 0.25) is 0 Å². The molecule has 156 valence electrons.